The minimum atomic E-state index is -0.904. The second kappa shape index (κ2) is 6.10. The number of nitrogens with zero attached hydrogens (tertiary/aromatic N) is 4. The molecular weight excluding hydrogens is 200 g/mol. The van der Waals surface area contributed by atoms with Crippen molar-refractivity contribution in [2.45, 2.75) is 18.9 Å². The largest absolute Gasteiger partial charge is 0.465 e. The highest BCUT2D eigenvalue weighted by atomic mass is 16.5. The van der Waals surface area contributed by atoms with Crippen LogP contribution in [0, 0.1) is 0 Å². The fourth-order valence-corrected chi connectivity index (χ4v) is 1.50. The van der Waals surface area contributed by atoms with Crippen LogP contribution in [0.4, 0.5) is 4.79 Å². The first kappa shape index (κ1) is 11.6. The molecule has 1 rings (SSSR count). The fraction of sp³-hybridized carbons (Fsp3) is 0.875. The Morgan fingerprint density at radius 2 is 2.53 bits per heavy atom. The van der Waals surface area contributed by atoms with Gasteiger partial charge >= 0.3 is 6.09 Å². The number of morpholine rings is 1. The second-order valence-electron chi connectivity index (χ2n) is 3.32. The van der Waals surface area contributed by atoms with Crippen molar-refractivity contribution < 1.29 is 14.6 Å². The van der Waals surface area contributed by atoms with Gasteiger partial charge in [0.05, 0.1) is 19.3 Å². The SMILES string of the molecule is [N-]=[N+]=NCCCC1CN(C(=O)O)CCO1. The van der Waals surface area contributed by atoms with Crippen LogP contribution in [-0.2, 0) is 4.74 Å². The summed E-state index contributed by atoms with van der Waals surface area (Å²) in [5.74, 6) is 0. The molecule has 1 heterocycles. The number of hydrogen-bond donors (Lipinski definition) is 1. The summed E-state index contributed by atoms with van der Waals surface area (Å²) in [6, 6.07) is 0. The molecule has 7 nitrogen and oxygen atoms in total. The van der Waals surface area contributed by atoms with E-state index in [4.69, 9.17) is 15.4 Å². The average molecular weight is 214 g/mol. The summed E-state index contributed by atoms with van der Waals surface area (Å²) in [7, 11) is 0. The van der Waals surface area contributed by atoms with Crippen molar-refractivity contribution >= 4 is 6.09 Å². The Bertz CT molecular complexity index is 265. The molecule has 0 saturated carbocycles. The van der Waals surface area contributed by atoms with Crippen molar-refractivity contribution in [1.29, 1.82) is 0 Å². The maximum Gasteiger partial charge on any atom is 0.407 e. The Labute approximate surface area is 87.3 Å². The van der Waals surface area contributed by atoms with Crippen LogP contribution >= 0.6 is 0 Å². The molecular formula is C8H14N4O3. The summed E-state index contributed by atoms with van der Waals surface area (Å²) in [6.45, 7) is 1.72. The molecule has 1 aliphatic rings. The van der Waals surface area contributed by atoms with Crippen LogP contribution < -0.4 is 0 Å². The molecule has 0 aromatic heterocycles. The monoisotopic (exact) mass is 214 g/mol. The van der Waals surface area contributed by atoms with Gasteiger partial charge in [0.15, 0.2) is 0 Å². The number of amides is 1. The van der Waals surface area contributed by atoms with Crippen molar-refractivity contribution in [3.8, 4) is 0 Å². The molecule has 1 atom stereocenters. The van der Waals surface area contributed by atoms with E-state index in [0.717, 1.165) is 12.8 Å². The van der Waals surface area contributed by atoms with E-state index in [1.807, 2.05) is 0 Å². The van der Waals surface area contributed by atoms with Crippen LogP contribution in [0.3, 0.4) is 0 Å². The number of hydrogen-bond acceptors (Lipinski definition) is 3. The molecule has 1 aliphatic heterocycles. The summed E-state index contributed by atoms with van der Waals surface area (Å²) in [4.78, 5) is 14.7. The lowest BCUT2D eigenvalue weighted by Crippen LogP contribution is -2.45. The van der Waals surface area contributed by atoms with Gasteiger partial charge in [-0.1, -0.05) is 5.11 Å². The summed E-state index contributed by atoms with van der Waals surface area (Å²) in [5, 5.41) is 12.2. The Balaban J connectivity index is 2.24. The predicted molar refractivity (Wildman–Crippen MR) is 52.6 cm³/mol. The standard InChI is InChI=1S/C8H14N4O3/c9-11-10-3-1-2-7-6-12(8(13)14)4-5-15-7/h7H,1-6H2,(H,13,14). The molecule has 15 heavy (non-hydrogen) atoms. The van der Waals surface area contributed by atoms with Gasteiger partial charge in [0.25, 0.3) is 0 Å². The molecule has 0 bridgehead atoms. The minimum Gasteiger partial charge on any atom is -0.465 e. The van der Waals surface area contributed by atoms with Gasteiger partial charge in [0, 0.05) is 18.0 Å². The molecule has 7 heteroatoms. The highest BCUT2D eigenvalue weighted by Gasteiger charge is 2.22. The molecule has 1 saturated heterocycles. The van der Waals surface area contributed by atoms with Crippen LogP contribution in [-0.4, -0.2) is 48.4 Å². The average Bonchev–Trinajstić information content (AvgIpc) is 2.25. The first-order chi connectivity index (χ1) is 7.24. The number of rotatable bonds is 4. The van der Waals surface area contributed by atoms with Gasteiger partial charge in [-0.15, -0.1) is 0 Å². The van der Waals surface area contributed by atoms with E-state index in [1.54, 1.807) is 0 Å². The van der Waals surface area contributed by atoms with Crippen LogP contribution in [0.1, 0.15) is 12.8 Å². The van der Waals surface area contributed by atoms with Crippen molar-refractivity contribution in [2.75, 3.05) is 26.2 Å². The molecule has 0 aliphatic carbocycles. The third-order valence-electron chi connectivity index (χ3n) is 2.26. The highest BCUT2D eigenvalue weighted by molar-refractivity contribution is 5.65. The first-order valence-corrected chi connectivity index (χ1v) is 4.84. The molecule has 1 amide bonds. The quantitative estimate of drug-likeness (QED) is 0.332. The van der Waals surface area contributed by atoms with E-state index in [1.165, 1.54) is 4.90 Å². The summed E-state index contributed by atoms with van der Waals surface area (Å²) < 4.78 is 5.40. The fourth-order valence-electron chi connectivity index (χ4n) is 1.50. The number of carbonyl (C=O) groups is 1. The van der Waals surface area contributed by atoms with E-state index in [0.29, 0.717) is 26.2 Å². The molecule has 0 radical (unpaired) electrons. The van der Waals surface area contributed by atoms with E-state index in [2.05, 4.69) is 10.0 Å². The highest BCUT2D eigenvalue weighted by Crippen LogP contribution is 2.10. The van der Waals surface area contributed by atoms with Gasteiger partial charge in [-0.2, -0.15) is 0 Å². The van der Waals surface area contributed by atoms with E-state index in [9.17, 15) is 4.79 Å². The Morgan fingerprint density at radius 3 is 3.20 bits per heavy atom. The zero-order chi connectivity index (χ0) is 11.1. The summed E-state index contributed by atoms with van der Waals surface area (Å²) >= 11 is 0. The molecule has 1 N–H and O–H groups in total. The van der Waals surface area contributed by atoms with Crippen LogP contribution in [0.25, 0.3) is 10.4 Å². The van der Waals surface area contributed by atoms with E-state index in [-0.39, 0.29) is 6.10 Å². The van der Waals surface area contributed by atoms with Gasteiger partial charge in [0.1, 0.15) is 0 Å². The topological polar surface area (TPSA) is 98.5 Å². The third kappa shape index (κ3) is 4.05. The zero-order valence-electron chi connectivity index (χ0n) is 8.37. The molecule has 0 aromatic rings. The minimum absolute atomic E-state index is 0.0660. The van der Waals surface area contributed by atoms with E-state index >= 15 is 0 Å². The van der Waals surface area contributed by atoms with E-state index < -0.39 is 6.09 Å². The predicted octanol–water partition coefficient (Wildman–Crippen LogP) is 1.46. The lowest BCUT2D eigenvalue weighted by molar-refractivity contribution is -0.0257. The van der Waals surface area contributed by atoms with Crippen molar-refractivity contribution in [3.63, 3.8) is 0 Å². The lowest BCUT2D eigenvalue weighted by atomic mass is 10.1. The Morgan fingerprint density at radius 1 is 1.73 bits per heavy atom. The first-order valence-electron chi connectivity index (χ1n) is 4.84. The Kier molecular flexibility index (Phi) is 4.73. The lowest BCUT2D eigenvalue weighted by Gasteiger charge is -2.30. The summed E-state index contributed by atoms with van der Waals surface area (Å²) in [6.07, 6.45) is 0.479. The van der Waals surface area contributed by atoms with Crippen molar-refractivity contribution in [2.24, 2.45) is 5.11 Å². The number of carboxylic acid groups (broad SMARTS) is 1. The third-order valence-corrected chi connectivity index (χ3v) is 2.26. The number of ether oxygens (including phenoxy) is 1. The van der Waals surface area contributed by atoms with Gasteiger partial charge in [-0.3, -0.25) is 0 Å². The Hall–Kier alpha value is -1.46. The molecule has 1 fully saturated rings. The molecule has 0 spiro atoms. The molecule has 1 unspecified atom stereocenters. The number of azide groups is 1. The van der Waals surface area contributed by atoms with Gasteiger partial charge in [-0.05, 0) is 18.4 Å². The van der Waals surface area contributed by atoms with Gasteiger partial charge in [0.2, 0.25) is 0 Å². The summed E-state index contributed by atoms with van der Waals surface area (Å²) in [5.41, 5.74) is 8.06. The van der Waals surface area contributed by atoms with Gasteiger partial charge < -0.3 is 14.7 Å². The normalized spacial score (nSPS) is 20.8. The van der Waals surface area contributed by atoms with Gasteiger partial charge in [-0.25, -0.2) is 4.79 Å². The smallest absolute Gasteiger partial charge is 0.407 e. The van der Waals surface area contributed by atoms with Crippen molar-refractivity contribution in [1.82, 2.24) is 4.90 Å². The maximum absolute atomic E-state index is 10.7. The second-order valence-corrected chi connectivity index (χ2v) is 3.32. The zero-order valence-corrected chi connectivity index (χ0v) is 8.37. The van der Waals surface area contributed by atoms with Crippen LogP contribution in [0.5, 0.6) is 0 Å². The molecule has 84 valence electrons. The maximum atomic E-state index is 10.7. The van der Waals surface area contributed by atoms with Crippen LogP contribution in [0.15, 0.2) is 5.11 Å². The van der Waals surface area contributed by atoms with Crippen molar-refractivity contribution in [3.05, 3.63) is 10.4 Å². The molecule has 0 aromatic carbocycles. The van der Waals surface area contributed by atoms with Crippen LogP contribution in [0.2, 0.25) is 0 Å².